The summed E-state index contributed by atoms with van der Waals surface area (Å²) in [6.45, 7) is 2.06. The molecule has 1 atom stereocenters. The van der Waals surface area contributed by atoms with Crippen LogP contribution in [-0.4, -0.2) is 48.3 Å². The Morgan fingerprint density at radius 3 is 2.78 bits per heavy atom. The molecule has 0 saturated carbocycles. The van der Waals surface area contributed by atoms with E-state index in [2.05, 4.69) is 0 Å². The molecule has 1 N–H and O–H groups in total. The highest BCUT2D eigenvalue weighted by molar-refractivity contribution is 5.95. The standard InChI is InChI=1S/C13H15NO4/c15-10-3-4-14(8-10)13(16)9-1-2-11-12(7-9)18-6-5-17-11/h1-2,7,10,15H,3-6,8H2/t10-/m1/s1. The van der Waals surface area contributed by atoms with Crippen LogP contribution in [-0.2, 0) is 0 Å². The molecule has 5 nitrogen and oxygen atoms in total. The number of rotatable bonds is 1. The molecule has 0 radical (unpaired) electrons. The summed E-state index contributed by atoms with van der Waals surface area (Å²) >= 11 is 0. The van der Waals surface area contributed by atoms with E-state index in [9.17, 15) is 9.90 Å². The summed E-state index contributed by atoms with van der Waals surface area (Å²) in [6, 6.07) is 5.20. The number of amides is 1. The van der Waals surface area contributed by atoms with Gasteiger partial charge in [-0.15, -0.1) is 0 Å². The van der Waals surface area contributed by atoms with Gasteiger partial charge >= 0.3 is 0 Å². The molecule has 96 valence electrons. The van der Waals surface area contributed by atoms with E-state index in [0.29, 0.717) is 49.8 Å². The average Bonchev–Trinajstić information content (AvgIpc) is 2.84. The Hall–Kier alpha value is -1.75. The van der Waals surface area contributed by atoms with Crippen LogP contribution >= 0.6 is 0 Å². The smallest absolute Gasteiger partial charge is 0.254 e. The number of carbonyl (C=O) groups is 1. The van der Waals surface area contributed by atoms with Crippen molar-refractivity contribution in [2.75, 3.05) is 26.3 Å². The quantitative estimate of drug-likeness (QED) is 0.794. The Morgan fingerprint density at radius 1 is 1.28 bits per heavy atom. The molecule has 18 heavy (non-hydrogen) atoms. The van der Waals surface area contributed by atoms with Crippen LogP contribution in [0.3, 0.4) is 0 Å². The number of ether oxygens (including phenoxy) is 2. The molecule has 1 aromatic carbocycles. The first-order valence-electron chi connectivity index (χ1n) is 6.11. The molecular weight excluding hydrogens is 234 g/mol. The molecule has 5 heteroatoms. The molecule has 1 fully saturated rings. The first-order chi connectivity index (χ1) is 8.74. The first-order valence-corrected chi connectivity index (χ1v) is 6.11. The van der Waals surface area contributed by atoms with Crippen molar-refractivity contribution in [2.45, 2.75) is 12.5 Å². The Balaban J connectivity index is 1.81. The van der Waals surface area contributed by atoms with Crippen LogP contribution in [0.25, 0.3) is 0 Å². The van der Waals surface area contributed by atoms with Crippen LogP contribution in [0.4, 0.5) is 0 Å². The summed E-state index contributed by atoms with van der Waals surface area (Å²) in [5, 5.41) is 9.45. The van der Waals surface area contributed by atoms with Crippen LogP contribution in [0.2, 0.25) is 0 Å². The molecule has 1 aromatic rings. The number of likely N-dealkylation sites (tertiary alicyclic amines) is 1. The molecule has 0 aromatic heterocycles. The monoisotopic (exact) mass is 249 g/mol. The Kier molecular flexibility index (Phi) is 2.83. The molecule has 2 heterocycles. The Bertz CT molecular complexity index is 474. The number of carbonyl (C=O) groups excluding carboxylic acids is 1. The van der Waals surface area contributed by atoms with Gasteiger partial charge < -0.3 is 19.5 Å². The van der Waals surface area contributed by atoms with Gasteiger partial charge in [0, 0.05) is 18.7 Å². The lowest BCUT2D eigenvalue weighted by Crippen LogP contribution is -2.29. The maximum absolute atomic E-state index is 12.2. The highest BCUT2D eigenvalue weighted by Crippen LogP contribution is 2.31. The van der Waals surface area contributed by atoms with E-state index in [1.165, 1.54) is 0 Å². The maximum atomic E-state index is 12.2. The average molecular weight is 249 g/mol. The summed E-state index contributed by atoms with van der Waals surface area (Å²) in [5.41, 5.74) is 0.577. The second-order valence-corrected chi connectivity index (χ2v) is 4.55. The van der Waals surface area contributed by atoms with Crippen molar-refractivity contribution in [3.8, 4) is 11.5 Å². The lowest BCUT2D eigenvalue weighted by Gasteiger charge is -2.20. The second-order valence-electron chi connectivity index (χ2n) is 4.55. The molecule has 1 amide bonds. The van der Waals surface area contributed by atoms with Crippen LogP contribution in [0, 0.1) is 0 Å². The van der Waals surface area contributed by atoms with Gasteiger partial charge in [-0.3, -0.25) is 4.79 Å². The van der Waals surface area contributed by atoms with Crippen LogP contribution in [0.1, 0.15) is 16.8 Å². The number of hydrogen-bond acceptors (Lipinski definition) is 4. The van der Waals surface area contributed by atoms with E-state index in [1.54, 1.807) is 23.1 Å². The van der Waals surface area contributed by atoms with Gasteiger partial charge in [0.25, 0.3) is 5.91 Å². The van der Waals surface area contributed by atoms with E-state index in [0.717, 1.165) is 0 Å². The van der Waals surface area contributed by atoms with Gasteiger partial charge in [-0.25, -0.2) is 0 Å². The van der Waals surface area contributed by atoms with Gasteiger partial charge in [0.1, 0.15) is 13.2 Å². The van der Waals surface area contributed by atoms with Gasteiger partial charge in [-0.2, -0.15) is 0 Å². The predicted octanol–water partition coefficient (Wildman–Crippen LogP) is 0.665. The van der Waals surface area contributed by atoms with E-state index in [-0.39, 0.29) is 5.91 Å². The van der Waals surface area contributed by atoms with Gasteiger partial charge in [-0.1, -0.05) is 0 Å². The molecule has 0 aliphatic carbocycles. The highest BCUT2D eigenvalue weighted by Gasteiger charge is 2.26. The lowest BCUT2D eigenvalue weighted by molar-refractivity contribution is 0.0764. The molecule has 2 aliphatic heterocycles. The number of hydrogen-bond donors (Lipinski definition) is 1. The van der Waals surface area contributed by atoms with E-state index in [1.807, 2.05) is 0 Å². The van der Waals surface area contributed by atoms with Crippen molar-refractivity contribution in [3.63, 3.8) is 0 Å². The van der Waals surface area contributed by atoms with Gasteiger partial charge in [-0.05, 0) is 24.6 Å². The zero-order valence-corrected chi connectivity index (χ0v) is 9.96. The summed E-state index contributed by atoms with van der Waals surface area (Å²) in [4.78, 5) is 13.9. The maximum Gasteiger partial charge on any atom is 0.254 e. The fourth-order valence-electron chi connectivity index (χ4n) is 2.29. The fraction of sp³-hybridized carbons (Fsp3) is 0.462. The summed E-state index contributed by atoms with van der Waals surface area (Å²) in [7, 11) is 0. The zero-order chi connectivity index (χ0) is 12.5. The summed E-state index contributed by atoms with van der Waals surface area (Å²) in [5.74, 6) is 1.23. The van der Waals surface area contributed by atoms with Crippen molar-refractivity contribution in [1.29, 1.82) is 0 Å². The lowest BCUT2D eigenvalue weighted by atomic mass is 10.1. The second kappa shape index (κ2) is 4.49. The third kappa shape index (κ3) is 2.01. The molecule has 2 aliphatic rings. The van der Waals surface area contributed by atoms with Gasteiger partial charge in [0.05, 0.1) is 6.10 Å². The molecule has 3 rings (SSSR count). The SMILES string of the molecule is O=C(c1ccc2c(c1)OCCO2)N1CC[C@@H](O)C1. The van der Waals surface area contributed by atoms with Crippen molar-refractivity contribution in [3.05, 3.63) is 23.8 Å². The topological polar surface area (TPSA) is 59.0 Å². The Morgan fingerprint density at radius 2 is 2.06 bits per heavy atom. The first kappa shape index (κ1) is 11.3. The van der Waals surface area contributed by atoms with Crippen molar-refractivity contribution < 1.29 is 19.4 Å². The normalized spacial score (nSPS) is 22.1. The number of β-amino-alcohol motifs (C(OH)–C–C–N with tert-alkyl or cyclic N) is 1. The van der Waals surface area contributed by atoms with Gasteiger partial charge in [0.15, 0.2) is 11.5 Å². The summed E-state index contributed by atoms with van der Waals surface area (Å²) < 4.78 is 10.9. The number of benzene rings is 1. The largest absolute Gasteiger partial charge is 0.486 e. The minimum Gasteiger partial charge on any atom is -0.486 e. The highest BCUT2D eigenvalue weighted by atomic mass is 16.6. The fourth-order valence-corrected chi connectivity index (χ4v) is 2.29. The molecule has 0 spiro atoms. The number of nitrogens with zero attached hydrogens (tertiary/aromatic N) is 1. The van der Waals surface area contributed by atoms with Gasteiger partial charge in [0.2, 0.25) is 0 Å². The predicted molar refractivity (Wildman–Crippen MR) is 64.0 cm³/mol. The molecule has 0 bridgehead atoms. The van der Waals surface area contributed by atoms with E-state index in [4.69, 9.17) is 9.47 Å². The zero-order valence-electron chi connectivity index (χ0n) is 9.96. The van der Waals surface area contributed by atoms with Crippen LogP contribution in [0.15, 0.2) is 18.2 Å². The number of aliphatic hydroxyl groups excluding tert-OH is 1. The minimum absolute atomic E-state index is 0.0662. The Labute approximate surface area is 105 Å². The number of aliphatic hydroxyl groups is 1. The summed E-state index contributed by atoms with van der Waals surface area (Å²) in [6.07, 6.45) is 0.252. The van der Waals surface area contributed by atoms with Crippen molar-refractivity contribution >= 4 is 5.91 Å². The molecular formula is C13H15NO4. The van der Waals surface area contributed by atoms with E-state index >= 15 is 0 Å². The van der Waals surface area contributed by atoms with E-state index < -0.39 is 6.10 Å². The minimum atomic E-state index is -0.397. The van der Waals surface area contributed by atoms with Crippen LogP contribution in [0.5, 0.6) is 11.5 Å². The molecule has 0 unspecified atom stereocenters. The van der Waals surface area contributed by atoms with Crippen molar-refractivity contribution in [1.82, 2.24) is 4.90 Å². The molecule has 1 saturated heterocycles. The third-order valence-corrected chi connectivity index (χ3v) is 3.24. The van der Waals surface area contributed by atoms with Crippen LogP contribution < -0.4 is 9.47 Å². The number of fused-ring (bicyclic) bond motifs is 1. The third-order valence-electron chi connectivity index (χ3n) is 3.24. The van der Waals surface area contributed by atoms with Crippen molar-refractivity contribution in [2.24, 2.45) is 0 Å².